The lowest BCUT2D eigenvalue weighted by Gasteiger charge is -2.18. The molecule has 0 radical (unpaired) electrons. The zero-order chi connectivity index (χ0) is 21.7. The Morgan fingerprint density at radius 3 is 2.74 bits per heavy atom. The van der Waals surface area contributed by atoms with E-state index in [1.165, 1.54) is 0 Å². The van der Waals surface area contributed by atoms with Crippen LogP contribution in [-0.2, 0) is 0 Å². The minimum Gasteiger partial charge on any atom is -0.341 e. The number of anilines is 1. The van der Waals surface area contributed by atoms with E-state index in [9.17, 15) is 9.59 Å². The Hall–Kier alpha value is -3.64. The molecule has 1 unspecified atom stereocenters. The number of aryl methyl sites for hydroxylation is 2. The van der Waals surface area contributed by atoms with E-state index in [4.69, 9.17) is 11.6 Å². The monoisotopic (exact) mass is 430 g/mol. The second kappa shape index (κ2) is 7.25. The number of amides is 2. The van der Waals surface area contributed by atoms with E-state index in [1.54, 1.807) is 36.5 Å². The Morgan fingerprint density at radius 1 is 1.13 bits per heavy atom. The van der Waals surface area contributed by atoms with Crippen molar-refractivity contribution in [1.29, 1.82) is 0 Å². The maximum Gasteiger partial charge on any atom is 0.276 e. The number of aromatic nitrogens is 2. The number of hydrogen-bond acceptors (Lipinski definition) is 3. The van der Waals surface area contributed by atoms with E-state index in [0.717, 1.165) is 16.7 Å². The molecule has 0 fully saturated rings. The third kappa shape index (κ3) is 3.16. The molecule has 0 spiro atoms. The lowest BCUT2D eigenvalue weighted by Crippen LogP contribution is -2.21. The Labute approximate surface area is 183 Å². The molecule has 2 aromatic carbocycles. The molecule has 1 aliphatic rings. The van der Waals surface area contributed by atoms with Crippen LogP contribution in [0.5, 0.6) is 0 Å². The summed E-state index contributed by atoms with van der Waals surface area (Å²) in [6.07, 6.45) is 1.79. The maximum absolute atomic E-state index is 13.2. The number of hydrogen-bond donors (Lipinski definition) is 2. The number of carbonyl (C=O) groups excluding carboxylic acids is 2. The maximum atomic E-state index is 13.2. The van der Waals surface area contributed by atoms with E-state index in [1.807, 2.05) is 42.5 Å². The molecule has 6 nitrogen and oxygen atoms in total. The van der Waals surface area contributed by atoms with Crippen LogP contribution in [0, 0.1) is 13.8 Å². The van der Waals surface area contributed by atoms with E-state index in [-0.39, 0.29) is 23.6 Å². The zero-order valence-corrected chi connectivity index (χ0v) is 17.7. The average molecular weight is 431 g/mol. The van der Waals surface area contributed by atoms with Gasteiger partial charge in [-0.15, -0.1) is 0 Å². The topological polar surface area (TPSA) is 75.5 Å². The minimum atomic E-state index is -0.357. The second-order valence-electron chi connectivity index (χ2n) is 7.59. The van der Waals surface area contributed by atoms with Crippen LogP contribution in [0.3, 0.4) is 0 Å². The summed E-state index contributed by atoms with van der Waals surface area (Å²) >= 11 is 6.14. The highest BCUT2D eigenvalue weighted by atomic mass is 35.5. The molecule has 31 heavy (non-hydrogen) atoms. The molecule has 1 aliphatic heterocycles. The zero-order valence-electron chi connectivity index (χ0n) is 16.9. The number of rotatable bonds is 3. The van der Waals surface area contributed by atoms with Crippen LogP contribution in [0.4, 0.5) is 5.69 Å². The van der Waals surface area contributed by atoms with Crippen molar-refractivity contribution in [3.05, 3.63) is 99.6 Å². The van der Waals surface area contributed by atoms with Crippen molar-refractivity contribution in [3.63, 3.8) is 0 Å². The van der Waals surface area contributed by atoms with Gasteiger partial charge in [-0.3, -0.25) is 9.59 Å². The van der Waals surface area contributed by atoms with Gasteiger partial charge < -0.3 is 15.0 Å². The molecule has 7 heteroatoms. The molecule has 4 aromatic rings. The first-order valence-electron chi connectivity index (χ1n) is 9.89. The fourth-order valence-corrected chi connectivity index (χ4v) is 4.33. The van der Waals surface area contributed by atoms with Gasteiger partial charge in [0.2, 0.25) is 0 Å². The standard InChI is InChI=1S/C24H19ClN4O2/c1-13-6-3-4-7-16(13)21-20-17(23(30)28-21)8-5-9-18(20)27-24(31)22-19-12-15(25)10-11-29(19)14(2)26-22/h3-12,21H,1-2H3,(H,27,31)(H,28,30). The van der Waals surface area contributed by atoms with E-state index < -0.39 is 0 Å². The third-order valence-electron chi connectivity index (χ3n) is 5.66. The first kappa shape index (κ1) is 19.3. The molecule has 2 N–H and O–H groups in total. The van der Waals surface area contributed by atoms with Crippen molar-refractivity contribution in [1.82, 2.24) is 14.7 Å². The number of halogens is 1. The SMILES string of the molecule is Cc1ccccc1C1NC(=O)c2cccc(NC(=O)c3nc(C)n4ccc(Cl)cc34)c21. The lowest BCUT2D eigenvalue weighted by molar-refractivity contribution is 0.0959. The van der Waals surface area contributed by atoms with Gasteiger partial charge in [-0.2, -0.15) is 0 Å². The summed E-state index contributed by atoms with van der Waals surface area (Å²) < 4.78 is 1.82. The van der Waals surface area contributed by atoms with Crippen molar-refractivity contribution >= 4 is 34.6 Å². The number of imidazole rings is 1. The van der Waals surface area contributed by atoms with E-state index in [0.29, 0.717) is 27.6 Å². The third-order valence-corrected chi connectivity index (χ3v) is 5.89. The quantitative estimate of drug-likeness (QED) is 0.495. The van der Waals surface area contributed by atoms with Gasteiger partial charge in [0, 0.05) is 28.0 Å². The molecule has 2 aromatic heterocycles. The first-order valence-corrected chi connectivity index (χ1v) is 10.3. The molecule has 2 amide bonds. The highest BCUT2D eigenvalue weighted by molar-refractivity contribution is 6.31. The summed E-state index contributed by atoms with van der Waals surface area (Å²) in [5.74, 6) is 0.170. The minimum absolute atomic E-state index is 0.158. The molecule has 0 saturated carbocycles. The Bertz CT molecular complexity index is 1380. The van der Waals surface area contributed by atoms with Gasteiger partial charge in [-0.1, -0.05) is 41.9 Å². The highest BCUT2D eigenvalue weighted by Gasteiger charge is 2.33. The number of benzene rings is 2. The fraction of sp³-hybridized carbons (Fsp3) is 0.125. The predicted molar refractivity (Wildman–Crippen MR) is 120 cm³/mol. The van der Waals surface area contributed by atoms with Crippen molar-refractivity contribution in [2.75, 3.05) is 5.32 Å². The summed E-state index contributed by atoms with van der Waals surface area (Å²) in [6, 6.07) is 16.4. The number of nitrogens with one attached hydrogen (secondary N) is 2. The number of fused-ring (bicyclic) bond motifs is 2. The van der Waals surface area contributed by atoms with Crippen LogP contribution in [0.25, 0.3) is 5.52 Å². The number of carbonyl (C=O) groups is 2. The summed E-state index contributed by atoms with van der Waals surface area (Å²) in [5.41, 5.74) is 4.85. The van der Waals surface area contributed by atoms with Gasteiger partial charge in [0.1, 0.15) is 5.82 Å². The van der Waals surface area contributed by atoms with E-state index >= 15 is 0 Å². The second-order valence-corrected chi connectivity index (χ2v) is 8.03. The van der Waals surface area contributed by atoms with Crippen molar-refractivity contribution in [2.24, 2.45) is 0 Å². The molecule has 0 aliphatic carbocycles. The van der Waals surface area contributed by atoms with Crippen LogP contribution in [0.1, 0.15) is 49.4 Å². The summed E-state index contributed by atoms with van der Waals surface area (Å²) in [6.45, 7) is 3.83. The van der Waals surface area contributed by atoms with Crippen molar-refractivity contribution in [3.8, 4) is 0 Å². The summed E-state index contributed by atoms with van der Waals surface area (Å²) in [5, 5.41) is 6.54. The van der Waals surface area contributed by atoms with Crippen LogP contribution in [0.15, 0.2) is 60.8 Å². The van der Waals surface area contributed by atoms with Gasteiger partial charge in [0.25, 0.3) is 11.8 Å². The van der Waals surface area contributed by atoms with Crippen molar-refractivity contribution in [2.45, 2.75) is 19.9 Å². The molecule has 0 saturated heterocycles. The van der Waals surface area contributed by atoms with Crippen LogP contribution >= 0.6 is 11.6 Å². The molecule has 1 atom stereocenters. The van der Waals surface area contributed by atoms with Gasteiger partial charge in [0.15, 0.2) is 5.69 Å². The predicted octanol–water partition coefficient (Wildman–Crippen LogP) is 4.69. The molecule has 3 heterocycles. The van der Waals surface area contributed by atoms with Gasteiger partial charge in [-0.05, 0) is 49.2 Å². The Kier molecular flexibility index (Phi) is 4.52. The summed E-state index contributed by atoms with van der Waals surface area (Å²) in [7, 11) is 0. The lowest BCUT2D eigenvalue weighted by atomic mass is 9.93. The number of pyridine rings is 1. The van der Waals surface area contributed by atoms with Gasteiger partial charge in [0.05, 0.1) is 11.6 Å². The first-order chi connectivity index (χ1) is 14.9. The molecular weight excluding hydrogens is 412 g/mol. The van der Waals surface area contributed by atoms with Gasteiger partial charge in [-0.25, -0.2) is 4.98 Å². The Morgan fingerprint density at radius 2 is 1.94 bits per heavy atom. The normalized spacial score (nSPS) is 15.1. The summed E-state index contributed by atoms with van der Waals surface area (Å²) in [4.78, 5) is 30.3. The van der Waals surface area contributed by atoms with Crippen molar-refractivity contribution < 1.29 is 9.59 Å². The average Bonchev–Trinajstić information content (AvgIpc) is 3.26. The van der Waals surface area contributed by atoms with E-state index in [2.05, 4.69) is 15.6 Å². The fourth-order valence-electron chi connectivity index (χ4n) is 4.17. The van der Waals surface area contributed by atoms with Crippen LogP contribution in [-0.4, -0.2) is 21.2 Å². The molecule has 5 rings (SSSR count). The Balaban J connectivity index is 1.58. The molecule has 0 bridgehead atoms. The van der Waals surface area contributed by atoms with Crippen LogP contribution in [0.2, 0.25) is 5.02 Å². The highest BCUT2D eigenvalue weighted by Crippen LogP contribution is 2.37. The van der Waals surface area contributed by atoms with Crippen LogP contribution < -0.4 is 10.6 Å². The molecule has 154 valence electrons. The smallest absolute Gasteiger partial charge is 0.276 e. The van der Waals surface area contributed by atoms with Gasteiger partial charge >= 0.3 is 0 Å². The largest absolute Gasteiger partial charge is 0.341 e. The number of nitrogens with zero attached hydrogens (tertiary/aromatic N) is 2. The molecular formula is C24H19ClN4O2.